The van der Waals surface area contributed by atoms with Gasteiger partial charge in [0.1, 0.15) is 0 Å². The lowest BCUT2D eigenvalue weighted by molar-refractivity contribution is -0.178. The van der Waals surface area contributed by atoms with Crippen LogP contribution >= 0.6 is 23.2 Å². The van der Waals surface area contributed by atoms with E-state index < -0.39 is 37.1 Å². The molecule has 0 saturated heterocycles. The summed E-state index contributed by atoms with van der Waals surface area (Å²) in [5.41, 5.74) is 0.709. The maximum atomic E-state index is 13.6. The first-order chi connectivity index (χ1) is 15.8. The van der Waals surface area contributed by atoms with Crippen LogP contribution < -0.4 is 5.32 Å². The molecule has 0 heterocycles. The van der Waals surface area contributed by atoms with Gasteiger partial charge in [0, 0.05) is 12.1 Å². The first kappa shape index (κ1) is 19.9. The number of rotatable bonds is 7. The Morgan fingerprint density at radius 3 is 2.35 bits per heavy atom. The Balaban J connectivity index is 1.92. The zero-order chi connectivity index (χ0) is 25.3. The van der Waals surface area contributed by atoms with Gasteiger partial charge < -0.3 is 10.1 Å². The molecule has 0 aromatic heterocycles. The Morgan fingerprint density at radius 1 is 1.16 bits per heavy atom. The Bertz CT molecular complexity index is 1010. The number of nitrogens with one attached hydrogen (secondary N) is 1. The third-order valence-corrected chi connectivity index (χ3v) is 6.39. The van der Waals surface area contributed by atoms with Crippen molar-refractivity contribution >= 4 is 34.8 Å². The fraction of sp³-hybridized carbons (Fsp3) is 0.435. The summed E-state index contributed by atoms with van der Waals surface area (Å²) in [6.45, 7) is 0.938. The van der Waals surface area contributed by atoms with Crippen LogP contribution in [0.3, 0.4) is 0 Å². The number of carbonyl (C=O) groups excluding carboxylic acids is 1. The highest BCUT2D eigenvalue weighted by molar-refractivity contribution is 6.33. The van der Waals surface area contributed by atoms with Crippen LogP contribution in [0.25, 0.3) is 0 Å². The normalized spacial score (nSPS) is 19.4. The van der Waals surface area contributed by atoms with Crippen LogP contribution in [0.15, 0.2) is 42.5 Å². The van der Waals surface area contributed by atoms with E-state index >= 15 is 0 Å². The molecular weight excluding hydrogens is 450 g/mol. The van der Waals surface area contributed by atoms with Gasteiger partial charge in [0.2, 0.25) is 5.91 Å². The SMILES string of the molecule is [2H]C([2H])([2H])OC(c1ccc(Cl)c(NC(=O)[C@H](c2ccc(Cl)cc2)[C@@H](C)C(F)(F)F)c1)C1CCC1. The molecule has 1 N–H and O–H groups in total. The van der Waals surface area contributed by atoms with Gasteiger partial charge in [-0.2, -0.15) is 13.2 Å². The van der Waals surface area contributed by atoms with E-state index in [1.54, 1.807) is 6.07 Å². The minimum absolute atomic E-state index is 0.0165. The molecule has 2 aromatic carbocycles. The molecule has 8 heteroatoms. The van der Waals surface area contributed by atoms with Crippen molar-refractivity contribution in [1.29, 1.82) is 0 Å². The lowest BCUT2D eigenvalue weighted by atomic mass is 9.78. The molecule has 1 aliphatic rings. The Labute approximate surface area is 194 Å². The van der Waals surface area contributed by atoms with Crippen LogP contribution in [-0.4, -0.2) is 19.1 Å². The number of hydrogen-bond acceptors (Lipinski definition) is 2. The average molecular weight is 477 g/mol. The molecule has 168 valence electrons. The number of methoxy groups -OCH3 is 1. The zero-order valence-electron chi connectivity index (χ0n) is 19.7. The minimum atomic E-state index is -4.63. The summed E-state index contributed by atoms with van der Waals surface area (Å²) in [5, 5.41) is 2.94. The predicted molar refractivity (Wildman–Crippen MR) is 117 cm³/mol. The summed E-state index contributed by atoms with van der Waals surface area (Å²) in [7, 11) is -2.63. The summed E-state index contributed by atoms with van der Waals surface area (Å²) in [5.74, 6) is -4.46. The van der Waals surface area contributed by atoms with Crippen molar-refractivity contribution < 1.29 is 26.8 Å². The van der Waals surface area contributed by atoms with Crippen molar-refractivity contribution in [3.05, 3.63) is 63.6 Å². The molecular formula is C23H24Cl2F3NO2. The highest BCUT2D eigenvalue weighted by Crippen LogP contribution is 2.42. The van der Waals surface area contributed by atoms with E-state index in [0.29, 0.717) is 10.6 Å². The summed E-state index contributed by atoms with van der Waals surface area (Å²) >= 11 is 12.1. The van der Waals surface area contributed by atoms with E-state index in [1.165, 1.54) is 36.4 Å². The van der Waals surface area contributed by atoms with Gasteiger partial charge in [-0.15, -0.1) is 0 Å². The smallest absolute Gasteiger partial charge is 0.376 e. The van der Waals surface area contributed by atoms with Gasteiger partial charge in [-0.25, -0.2) is 0 Å². The fourth-order valence-electron chi connectivity index (χ4n) is 3.73. The van der Waals surface area contributed by atoms with Crippen molar-refractivity contribution in [2.45, 2.75) is 44.4 Å². The van der Waals surface area contributed by atoms with Gasteiger partial charge in [-0.05, 0) is 54.2 Å². The number of anilines is 1. The van der Waals surface area contributed by atoms with Gasteiger partial charge in [-0.3, -0.25) is 4.79 Å². The number of hydrogen-bond donors (Lipinski definition) is 1. The van der Waals surface area contributed by atoms with Gasteiger partial charge in [0.15, 0.2) is 0 Å². The van der Waals surface area contributed by atoms with Gasteiger partial charge >= 0.3 is 6.18 Å². The molecule has 1 saturated carbocycles. The first-order valence-corrected chi connectivity index (χ1v) is 10.6. The maximum absolute atomic E-state index is 13.6. The van der Waals surface area contributed by atoms with Crippen LogP contribution in [-0.2, 0) is 9.53 Å². The highest BCUT2D eigenvalue weighted by Gasteiger charge is 2.45. The number of benzene rings is 2. The van der Waals surface area contributed by atoms with E-state index in [4.69, 9.17) is 32.1 Å². The van der Waals surface area contributed by atoms with Crippen molar-refractivity contribution in [1.82, 2.24) is 0 Å². The standard InChI is InChI=1S/C23H24Cl2F3NO2/c1-13(23(26,27)28)20(14-6-9-17(24)10-7-14)22(30)29-19-12-16(8-11-18(19)25)21(31-2)15-4-3-5-15/h6-13,15,20-21H,3-5H2,1-2H3,(H,29,30)/t13-,20+,21?/m1/s1/i2D3. The Morgan fingerprint density at radius 2 is 1.81 bits per heavy atom. The number of ether oxygens (including phenoxy) is 1. The maximum Gasteiger partial charge on any atom is 0.392 e. The number of amides is 1. The van der Waals surface area contributed by atoms with Crippen molar-refractivity contribution in [2.24, 2.45) is 11.8 Å². The molecule has 1 fully saturated rings. The lowest BCUT2D eigenvalue weighted by Crippen LogP contribution is -2.34. The van der Waals surface area contributed by atoms with Crippen LogP contribution in [0.4, 0.5) is 18.9 Å². The summed E-state index contributed by atoms with van der Waals surface area (Å²) < 4.78 is 68.6. The number of halogens is 5. The average Bonchev–Trinajstić information content (AvgIpc) is 2.67. The second-order valence-electron chi connectivity index (χ2n) is 7.82. The van der Waals surface area contributed by atoms with Gasteiger partial charge in [0.25, 0.3) is 0 Å². The minimum Gasteiger partial charge on any atom is -0.376 e. The van der Waals surface area contributed by atoms with E-state index in [0.717, 1.165) is 26.2 Å². The second-order valence-corrected chi connectivity index (χ2v) is 8.66. The molecule has 0 aliphatic heterocycles. The molecule has 0 spiro atoms. The summed E-state index contributed by atoms with van der Waals surface area (Å²) in [4.78, 5) is 13.1. The summed E-state index contributed by atoms with van der Waals surface area (Å²) in [6, 6.07) is 10.1. The van der Waals surface area contributed by atoms with E-state index in [1.807, 2.05) is 0 Å². The van der Waals surface area contributed by atoms with Crippen molar-refractivity contribution in [3.8, 4) is 0 Å². The fourth-order valence-corrected chi connectivity index (χ4v) is 4.02. The molecule has 31 heavy (non-hydrogen) atoms. The van der Waals surface area contributed by atoms with Crippen LogP contribution in [0.5, 0.6) is 0 Å². The van der Waals surface area contributed by atoms with Crippen molar-refractivity contribution in [3.63, 3.8) is 0 Å². The monoisotopic (exact) mass is 476 g/mol. The van der Waals surface area contributed by atoms with E-state index in [2.05, 4.69) is 5.32 Å². The molecule has 3 nitrogen and oxygen atoms in total. The van der Waals surface area contributed by atoms with E-state index in [-0.39, 0.29) is 22.2 Å². The lowest BCUT2D eigenvalue weighted by Gasteiger charge is -2.33. The Hall–Kier alpha value is -1.76. The number of carbonyl (C=O) groups is 1. The molecule has 2 aromatic rings. The molecule has 1 aliphatic carbocycles. The first-order valence-electron chi connectivity index (χ1n) is 11.4. The third-order valence-electron chi connectivity index (χ3n) is 5.81. The number of alkyl halides is 3. The van der Waals surface area contributed by atoms with Crippen LogP contribution in [0.1, 0.15) is 53.4 Å². The third kappa shape index (κ3) is 5.54. The van der Waals surface area contributed by atoms with Gasteiger partial charge in [-0.1, -0.05) is 54.7 Å². The molecule has 0 radical (unpaired) electrons. The molecule has 3 atom stereocenters. The molecule has 0 bridgehead atoms. The van der Waals surface area contributed by atoms with E-state index in [9.17, 15) is 18.0 Å². The summed E-state index contributed by atoms with van der Waals surface area (Å²) in [6.07, 6.45) is -2.87. The largest absolute Gasteiger partial charge is 0.392 e. The molecule has 1 unspecified atom stereocenters. The van der Waals surface area contributed by atoms with Crippen LogP contribution in [0, 0.1) is 11.8 Å². The zero-order valence-corrected chi connectivity index (χ0v) is 18.2. The second kappa shape index (κ2) is 9.80. The molecule has 1 amide bonds. The predicted octanol–water partition coefficient (Wildman–Crippen LogP) is 7.40. The topological polar surface area (TPSA) is 38.3 Å². The Kier molecular flexibility index (Phi) is 6.29. The quantitative estimate of drug-likeness (QED) is 0.451. The van der Waals surface area contributed by atoms with Crippen LogP contribution in [0.2, 0.25) is 10.0 Å². The van der Waals surface area contributed by atoms with Crippen molar-refractivity contribution in [2.75, 3.05) is 12.4 Å². The molecule has 3 rings (SSSR count). The highest BCUT2D eigenvalue weighted by atomic mass is 35.5. The van der Waals surface area contributed by atoms with Gasteiger partial charge in [0.05, 0.1) is 32.8 Å².